The van der Waals surface area contributed by atoms with Crippen molar-refractivity contribution in [2.24, 2.45) is 0 Å². The van der Waals surface area contributed by atoms with Crippen LogP contribution in [0.15, 0.2) is 34.9 Å². The number of likely N-dealkylation sites (tertiary alicyclic amines) is 1. The molecule has 1 aliphatic heterocycles. The molecule has 4 heteroatoms. The number of benzene rings is 1. The summed E-state index contributed by atoms with van der Waals surface area (Å²) in [6.07, 6.45) is 2.34. The van der Waals surface area contributed by atoms with Crippen molar-refractivity contribution in [3.05, 3.63) is 52.4 Å². The third-order valence-electron chi connectivity index (χ3n) is 4.13. The molecule has 1 aliphatic rings. The van der Waals surface area contributed by atoms with Crippen LogP contribution >= 0.6 is 11.6 Å². The minimum atomic E-state index is 0.348. The first kappa shape index (κ1) is 14.6. The molecule has 1 aromatic carbocycles. The van der Waals surface area contributed by atoms with E-state index in [1.54, 1.807) is 0 Å². The molecule has 1 aromatic heterocycles. The first-order valence-electron chi connectivity index (χ1n) is 7.58. The first-order valence-corrected chi connectivity index (χ1v) is 7.96. The first-order chi connectivity index (χ1) is 10.1. The van der Waals surface area contributed by atoms with Crippen molar-refractivity contribution in [1.82, 2.24) is 10.1 Å². The number of aromatic nitrogens is 1. The van der Waals surface area contributed by atoms with Crippen LogP contribution in [0.25, 0.3) is 0 Å². The SMILES string of the molecule is CC(C)c1cc(C2CCCN2Cc2ccc(Cl)cc2)on1. The van der Waals surface area contributed by atoms with E-state index in [0.29, 0.717) is 12.0 Å². The Labute approximate surface area is 130 Å². The van der Waals surface area contributed by atoms with E-state index in [2.05, 4.69) is 42.1 Å². The molecule has 0 amide bonds. The fourth-order valence-corrected chi connectivity index (χ4v) is 3.02. The van der Waals surface area contributed by atoms with Crippen molar-refractivity contribution < 1.29 is 4.52 Å². The highest BCUT2D eigenvalue weighted by molar-refractivity contribution is 6.30. The molecule has 21 heavy (non-hydrogen) atoms. The van der Waals surface area contributed by atoms with Crippen molar-refractivity contribution in [2.45, 2.75) is 45.2 Å². The van der Waals surface area contributed by atoms with Crippen LogP contribution in [0, 0.1) is 0 Å². The minimum Gasteiger partial charge on any atom is -0.359 e. The predicted molar refractivity (Wildman–Crippen MR) is 84.4 cm³/mol. The Morgan fingerprint density at radius 2 is 2.10 bits per heavy atom. The van der Waals surface area contributed by atoms with Crippen LogP contribution in [0.1, 0.15) is 55.7 Å². The van der Waals surface area contributed by atoms with E-state index in [4.69, 9.17) is 16.1 Å². The average Bonchev–Trinajstić information content (AvgIpc) is 3.09. The predicted octanol–water partition coefficient (Wildman–Crippen LogP) is 4.79. The Bertz CT molecular complexity index is 591. The lowest BCUT2D eigenvalue weighted by atomic mass is 10.1. The lowest BCUT2D eigenvalue weighted by Gasteiger charge is -2.22. The molecule has 2 aromatic rings. The van der Waals surface area contributed by atoms with Gasteiger partial charge in [-0.25, -0.2) is 0 Å². The van der Waals surface area contributed by atoms with Gasteiger partial charge in [-0.1, -0.05) is 42.7 Å². The Morgan fingerprint density at radius 3 is 2.76 bits per heavy atom. The standard InChI is InChI=1S/C17H21ClN2O/c1-12(2)15-10-17(21-19-15)16-4-3-9-20(16)11-13-5-7-14(18)8-6-13/h5-8,10,12,16H,3-4,9,11H2,1-2H3. The third-order valence-corrected chi connectivity index (χ3v) is 4.38. The van der Waals surface area contributed by atoms with Crippen LogP contribution in [0.5, 0.6) is 0 Å². The topological polar surface area (TPSA) is 29.3 Å². The van der Waals surface area contributed by atoms with E-state index >= 15 is 0 Å². The number of nitrogens with zero attached hydrogens (tertiary/aromatic N) is 2. The highest BCUT2D eigenvalue weighted by atomic mass is 35.5. The van der Waals surface area contributed by atoms with E-state index in [1.807, 2.05) is 12.1 Å². The van der Waals surface area contributed by atoms with E-state index in [0.717, 1.165) is 36.0 Å². The van der Waals surface area contributed by atoms with E-state index in [9.17, 15) is 0 Å². The number of hydrogen-bond donors (Lipinski definition) is 0. The Kier molecular flexibility index (Phi) is 4.32. The van der Waals surface area contributed by atoms with Crippen molar-refractivity contribution in [3.63, 3.8) is 0 Å². The number of hydrogen-bond acceptors (Lipinski definition) is 3. The molecule has 2 heterocycles. The molecule has 0 aliphatic carbocycles. The zero-order valence-corrected chi connectivity index (χ0v) is 13.3. The normalized spacial score (nSPS) is 19.5. The van der Waals surface area contributed by atoms with Crippen LogP contribution < -0.4 is 0 Å². The lowest BCUT2D eigenvalue weighted by molar-refractivity contribution is 0.206. The molecule has 0 spiro atoms. The summed E-state index contributed by atoms with van der Waals surface area (Å²) in [4.78, 5) is 2.47. The van der Waals surface area contributed by atoms with E-state index in [-0.39, 0.29) is 0 Å². The lowest BCUT2D eigenvalue weighted by Crippen LogP contribution is -2.22. The quantitative estimate of drug-likeness (QED) is 0.813. The number of halogens is 1. The summed E-state index contributed by atoms with van der Waals surface area (Å²) in [6.45, 7) is 6.31. The molecule has 0 bridgehead atoms. The zero-order chi connectivity index (χ0) is 14.8. The summed E-state index contributed by atoms with van der Waals surface area (Å²) in [5, 5.41) is 4.98. The third kappa shape index (κ3) is 3.30. The van der Waals surface area contributed by atoms with Crippen LogP contribution in [0.2, 0.25) is 5.02 Å². The van der Waals surface area contributed by atoms with Crippen LogP contribution in [-0.4, -0.2) is 16.6 Å². The Morgan fingerprint density at radius 1 is 1.33 bits per heavy atom. The van der Waals surface area contributed by atoms with Gasteiger partial charge in [-0.3, -0.25) is 4.90 Å². The van der Waals surface area contributed by atoms with Crippen molar-refractivity contribution in [3.8, 4) is 0 Å². The molecular weight excluding hydrogens is 284 g/mol. The maximum Gasteiger partial charge on any atom is 0.154 e. The number of rotatable bonds is 4. The van der Waals surface area contributed by atoms with Crippen LogP contribution in [0.4, 0.5) is 0 Å². The maximum absolute atomic E-state index is 5.95. The molecule has 1 fully saturated rings. The maximum atomic E-state index is 5.95. The summed E-state index contributed by atoms with van der Waals surface area (Å²) in [6, 6.07) is 10.6. The fraction of sp³-hybridized carbons (Fsp3) is 0.471. The van der Waals surface area contributed by atoms with Crippen molar-refractivity contribution in [2.75, 3.05) is 6.54 Å². The molecule has 1 atom stereocenters. The van der Waals surface area contributed by atoms with Gasteiger partial charge in [-0.2, -0.15) is 0 Å². The average molecular weight is 305 g/mol. The highest BCUT2D eigenvalue weighted by Gasteiger charge is 2.29. The van der Waals surface area contributed by atoms with Crippen LogP contribution in [0.3, 0.4) is 0 Å². The Hall–Kier alpha value is -1.32. The van der Waals surface area contributed by atoms with Gasteiger partial charge in [0.05, 0.1) is 11.7 Å². The van der Waals surface area contributed by atoms with Gasteiger partial charge in [0, 0.05) is 17.6 Å². The monoisotopic (exact) mass is 304 g/mol. The summed E-state index contributed by atoms with van der Waals surface area (Å²) in [7, 11) is 0. The smallest absolute Gasteiger partial charge is 0.154 e. The van der Waals surface area contributed by atoms with Gasteiger partial charge in [0.25, 0.3) is 0 Å². The molecule has 0 N–H and O–H groups in total. The van der Waals surface area contributed by atoms with Crippen molar-refractivity contribution in [1.29, 1.82) is 0 Å². The summed E-state index contributed by atoms with van der Waals surface area (Å²) >= 11 is 5.95. The summed E-state index contributed by atoms with van der Waals surface area (Å²) in [5.41, 5.74) is 2.33. The molecule has 112 valence electrons. The molecule has 0 radical (unpaired) electrons. The van der Waals surface area contributed by atoms with Gasteiger partial charge in [-0.05, 0) is 43.0 Å². The molecule has 0 saturated carbocycles. The molecule has 1 saturated heterocycles. The van der Waals surface area contributed by atoms with Gasteiger partial charge in [0.2, 0.25) is 0 Å². The molecule has 3 nitrogen and oxygen atoms in total. The van der Waals surface area contributed by atoms with Gasteiger partial charge in [0.15, 0.2) is 5.76 Å². The molecule has 1 unspecified atom stereocenters. The van der Waals surface area contributed by atoms with Gasteiger partial charge >= 0.3 is 0 Å². The second-order valence-electron chi connectivity index (χ2n) is 6.06. The highest BCUT2D eigenvalue weighted by Crippen LogP contribution is 2.34. The zero-order valence-electron chi connectivity index (χ0n) is 12.6. The second kappa shape index (κ2) is 6.20. The molecular formula is C17H21ClN2O. The van der Waals surface area contributed by atoms with Crippen molar-refractivity contribution >= 4 is 11.6 Å². The fourth-order valence-electron chi connectivity index (χ4n) is 2.89. The Balaban J connectivity index is 1.74. The van der Waals surface area contributed by atoms with Gasteiger partial charge in [-0.15, -0.1) is 0 Å². The summed E-state index contributed by atoms with van der Waals surface area (Å²) in [5.74, 6) is 1.42. The van der Waals surface area contributed by atoms with Gasteiger partial charge in [0.1, 0.15) is 0 Å². The summed E-state index contributed by atoms with van der Waals surface area (Å²) < 4.78 is 5.58. The van der Waals surface area contributed by atoms with Crippen LogP contribution in [-0.2, 0) is 6.54 Å². The van der Waals surface area contributed by atoms with E-state index in [1.165, 1.54) is 12.0 Å². The molecule has 3 rings (SSSR count). The largest absolute Gasteiger partial charge is 0.359 e. The minimum absolute atomic E-state index is 0.348. The second-order valence-corrected chi connectivity index (χ2v) is 6.50. The van der Waals surface area contributed by atoms with Gasteiger partial charge < -0.3 is 4.52 Å². The van der Waals surface area contributed by atoms with E-state index < -0.39 is 0 Å².